The average molecular weight is 531 g/mol. The van der Waals surface area contributed by atoms with Gasteiger partial charge in [0.2, 0.25) is 5.91 Å². The molecule has 1 amide bonds. The Kier molecular flexibility index (Phi) is 7.21. The Morgan fingerprint density at radius 2 is 1.86 bits per heavy atom. The Hall–Kier alpha value is -3.75. The summed E-state index contributed by atoms with van der Waals surface area (Å²) in [6.45, 7) is 4.30. The highest BCUT2D eigenvalue weighted by molar-refractivity contribution is 7.80. The van der Waals surface area contributed by atoms with Crippen molar-refractivity contribution in [1.29, 1.82) is 0 Å². The molecule has 1 aliphatic heterocycles. The maximum atomic E-state index is 12.2. The molecule has 2 atom stereocenters. The Morgan fingerprint density at radius 1 is 1.08 bits per heavy atom. The minimum atomic E-state index is -0.201. The van der Waals surface area contributed by atoms with Crippen molar-refractivity contribution in [2.45, 2.75) is 32.5 Å². The second-order valence-corrected chi connectivity index (χ2v) is 9.98. The predicted molar refractivity (Wildman–Crippen MR) is 151 cm³/mol. The molecule has 2 N–H and O–H groups in total. The number of hydrogen-bond acceptors (Lipinski definition) is 4. The third kappa shape index (κ3) is 5.21. The van der Waals surface area contributed by atoms with Crippen molar-refractivity contribution < 1.29 is 4.79 Å². The zero-order chi connectivity index (χ0) is 25.9. The summed E-state index contributed by atoms with van der Waals surface area (Å²) in [5.41, 5.74) is 4.29. The highest BCUT2D eigenvalue weighted by atomic mass is 35.5. The van der Waals surface area contributed by atoms with Crippen LogP contribution in [0, 0.1) is 5.92 Å². The SMILES string of the molecule is CC(C)C(=O)Nc1ccc(N2C(=S)N[C@H](c3ccccn3)[C@H]2c2cccn2Cc2ccccn2)cc1Cl. The van der Waals surface area contributed by atoms with Crippen molar-refractivity contribution in [3.63, 3.8) is 0 Å². The Balaban J connectivity index is 1.55. The largest absolute Gasteiger partial charge is 0.351 e. The molecule has 0 aliphatic carbocycles. The topological polar surface area (TPSA) is 75.1 Å². The van der Waals surface area contributed by atoms with Crippen LogP contribution in [0.3, 0.4) is 0 Å². The van der Waals surface area contributed by atoms with Gasteiger partial charge in [0, 0.05) is 35.9 Å². The van der Waals surface area contributed by atoms with E-state index in [0.29, 0.717) is 22.4 Å². The van der Waals surface area contributed by atoms with Gasteiger partial charge < -0.3 is 20.1 Å². The molecule has 0 unspecified atom stereocenters. The molecule has 37 heavy (non-hydrogen) atoms. The molecular formula is C28H27ClN6OS. The van der Waals surface area contributed by atoms with Gasteiger partial charge in [-0.05, 0) is 66.8 Å². The van der Waals surface area contributed by atoms with Crippen LogP contribution in [0.5, 0.6) is 0 Å². The van der Waals surface area contributed by atoms with Gasteiger partial charge in [0.05, 0.1) is 34.7 Å². The van der Waals surface area contributed by atoms with E-state index in [-0.39, 0.29) is 23.9 Å². The number of halogens is 1. The number of hydrogen-bond donors (Lipinski definition) is 2. The van der Waals surface area contributed by atoms with Crippen molar-refractivity contribution in [3.8, 4) is 0 Å². The van der Waals surface area contributed by atoms with Crippen LogP contribution < -0.4 is 15.5 Å². The first kappa shape index (κ1) is 24.9. The second kappa shape index (κ2) is 10.7. The van der Waals surface area contributed by atoms with Gasteiger partial charge in [-0.15, -0.1) is 0 Å². The molecule has 188 valence electrons. The van der Waals surface area contributed by atoms with Gasteiger partial charge in [0.25, 0.3) is 0 Å². The van der Waals surface area contributed by atoms with E-state index in [9.17, 15) is 4.79 Å². The fraction of sp³-hybridized carbons (Fsp3) is 0.214. The first-order valence-corrected chi connectivity index (χ1v) is 12.9. The van der Waals surface area contributed by atoms with E-state index in [0.717, 1.165) is 22.8 Å². The summed E-state index contributed by atoms with van der Waals surface area (Å²) in [7, 11) is 0. The van der Waals surface area contributed by atoms with Crippen LogP contribution in [-0.4, -0.2) is 25.6 Å². The summed E-state index contributed by atoms with van der Waals surface area (Å²) in [4.78, 5) is 23.4. The van der Waals surface area contributed by atoms with Gasteiger partial charge in [-0.1, -0.05) is 37.6 Å². The molecule has 7 nitrogen and oxygen atoms in total. The number of carbonyl (C=O) groups is 1. The number of pyridine rings is 2. The zero-order valence-electron chi connectivity index (χ0n) is 20.5. The number of carbonyl (C=O) groups excluding carboxylic acids is 1. The predicted octanol–water partition coefficient (Wildman–Crippen LogP) is 5.75. The standard InChI is InChI=1S/C28H27ClN6OS/c1-18(2)27(36)32-22-12-11-20(16-21(22)29)35-26(25(33-28(35)37)23-9-4-6-14-31-23)24-10-7-15-34(24)17-19-8-3-5-13-30-19/h3-16,18,25-26H,17H2,1-2H3,(H,32,36)(H,33,37)/t25-,26-/m1/s1. The van der Waals surface area contributed by atoms with Crippen LogP contribution in [0.4, 0.5) is 11.4 Å². The maximum absolute atomic E-state index is 12.2. The quantitative estimate of drug-likeness (QED) is 0.296. The second-order valence-electron chi connectivity index (χ2n) is 9.19. The van der Waals surface area contributed by atoms with Gasteiger partial charge in [0.1, 0.15) is 6.04 Å². The lowest BCUT2D eigenvalue weighted by Crippen LogP contribution is -2.30. The summed E-state index contributed by atoms with van der Waals surface area (Å²) >= 11 is 12.5. The molecule has 5 rings (SSSR count). The van der Waals surface area contributed by atoms with Gasteiger partial charge in [0.15, 0.2) is 5.11 Å². The molecular weight excluding hydrogens is 504 g/mol. The molecule has 0 bridgehead atoms. The van der Waals surface area contributed by atoms with E-state index in [1.165, 1.54) is 0 Å². The van der Waals surface area contributed by atoms with Crippen molar-refractivity contribution in [2.75, 3.05) is 10.2 Å². The maximum Gasteiger partial charge on any atom is 0.226 e. The summed E-state index contributed by atoms with van der Waals surface area (Å²) in [6, 6.07) is 21.1. The van der Waals surface area contributed by atoms with E-state index < -0.39 is 0 Å². The Labute approximate surface area is 226 Å². The average Bonchev–Trinajstić information content (AvgIpc) is 3.49. The van der Waals surface area contributed by atoms with Crippen molar-refractivity contribution in [2.24, 2.45) is 5.92 Å². The Morgan fingerprint density at radius 3 is 2.54 bits per heavy atom. The first-order valence-electron chi connectivity index (χ1n) is 12.1. The molecule has 1 aromatic carbocycles. The van der Waals surface area contributed by atoms with Crippen LogP contribution in [0.2, 0.25) is 5.02 Å². The van der Waals surface area contributed by atoms with Crippen LogP contribution in [0.1, 0.15) is 43.0 Å². The fourth-order valence-corrected chi connectivity index (χ4v) is 5.04. The van der Waals surface area contributed by atoms with Crippen LogP contribution in [-0.2, 0) is 11.3 Å². The van der Waals surface area contributed by atoms with Crippen molar-refractivity contribution >= 4 is 46.2 Å². The number of benzene rings is 1. The number of anilines is 2. The summed E-state index contributed by atoms with van der Waals surface area (Å²) in [5.74, 6) is -0.241. The summed E-state index contributed by atoms with van der Waals surface area (Å²) in [5, 5.41) is 7.39. The first-order chi connectivity index (χ1) is 17.9. The number of amides is 1. The minimum absolute atomic E-state index is 0.0894. The molecule has 4 heterocycles. The van der Waals surface area contributed by atoms with Gasteiger partial charge in [-0.2, -0.15) is 0 Å². The molecule has 1 saturated heterocycles. The normalized spacial score (nSPS) is 17.2. The van der Waals surface area contributed by atoms with E-state index in [4.69, 9.17) is 23.8 Å². The van der Waals surface area contributed by atoms with E-state index in [1.807, 2.05) is 74.5 Å². The third-order valence-corrected chi connectivity index (χ3v) is 6.96. The number of thiocarbonyl (C=S) groups is 1. The lowest BCUT2D eigenvalue weighted by molar-refractivity contribution is -0.118. The van der Waals surface area contributed by atoms with Crippen molar-refractivity contribution in [3.05, 3.63) is 107 Å². The Bertz CT molecular complexity index is 1410. The van der Waals surface area contributed by atoms with Gasteiger partial charge >= 0.3 is 0 Å². The molecule has 4 aromatic rings. The molecule has 0 radical (unpaired) electrons. The monoisotopic (exact) mass is 530 g/mol. The van der Waals surface area contributed by atoms with Crippen molar-refractivity contribution in [1.82, 2.24) is 19.9 Å². The third-order valence-electron chi connectivity index (χ3n) is 6.34. The highest BCUT2D eigenvalue weighted by Gasteiger charge is 2.42. The zero-order valence-corrected chi connectivity index (χ0v) is 22.1. The molecule has 1 fully saturated rings. The lowest BCUT2D eigenvalue weighted by atomic mass is 10.0. The summed E-state index contributed by atoms with van der Waals surface area (Å²) in [6.07, 6.45) is 5.64. The van der Waals surface area contributed by atoms with E-state index in [2.05, 4.69) is 42.3 Å². The molecule has 0 saturated carbocycles. The highest BCUT2D eigenvalue weighted by Crippen LogP contribution is 2.43. The minimum Gasteiger partial charge on any atom is -0.351 e. The summed E-state index contributed by atoms with van der Waals surface area (Å²) < 4.78 is 2.18. The van der Waals surface area contributed by atoms with Crippen LogP contribution >= 0.6 is 23.8 Å². The number of nitrogens with zero attached hydrogens (tertiary/aromatic N) is 4. The number of aromatic nitrogens is 3. The van der Waals surface area contributed by atoms with Gasteiger partial charge in [-0.25, -0.2) is 0 Å². The molecule has 0 spiro atoms. The molecule has 3 aromatic heterocycles. The van der Waals surface area contributed by atoms with E-state index in [1.54, 1.807) is 12.4 Å². The smallest absolute Gasteiger partial charge is 0.226 e. The van der Waals surface area contributed by atoms with Gasteiger partial charge in [-0.3, -0.25) is 14.8 Å². The number of nitrogens with one attached hydrogen (secondary N) is 2. The number of rotatable bonds is 7. The van der Waals surface area contributed by atoms with Crippen LogP contribution in [0.15, 0.2) is 85.3 Å². The van der Waals surface area contributed by atoms with Crippen LogP contribution in [0.25, 0.3) is 0 Å². The molecule has 9 heteroatoms. The van der Waals surface area contributed by atoms with E-state index >= 15 is 0 Å². The lowest BCUT2D eigenvalue weighted by Gasteiger charge is -2.29. The fourth-order valence-electron chi connectivity index (χ4n) is 4.47. The molecule has 1 aliphatic rings.